The summed E-state index contributed by atoms with van der Waals surface area (Å²) in [4.78, 5) is 2.43. The van der Waals surface area contributed by atoms with Gasteiger partial charge in [0.1, 0.15) is 11.9 Å². The van der Waals surface area contributed by atoms with Crippen LogP contribution in [0.1, 0.15) is 11.7 Å². The van der Waals surface area contributed by atoms with E-state index in [1.54, 1.807) is 0 Å². The Bertz CT molecular complexity index is 420. The predicted octanol–water partition coefficient (Wildman–Crippen LogP) is 1.11. The van der Waals surface area contributed by atoms with Gasteiger partial charge in [0.15, 0.2) is 0 Å². The molecule has 2 unspecified atom stereocenters. The minimum Gasteiger partial charge on any atom is -0.399 e. The number of halogens is 1. The summed E-state index contributed by atoms with van der Waals surface area (Å²) in [7, 11) is 0. The van der Waals surface area contributed by atoms with E-state index in [9.17, 15) is 14.6 Å². The molecule has 0 amide bonds. The maximum absolute atomic E-state index is 13.3. The molecule has 16 heavy (non-hydrogen) atoms. The first-order valence-electron chi connectivity index (χ1n) is 4.48. The van der Waals surface area contributed by atoms with Crippen molar-refractivity contribution in [2.24, 2.45) is 5.11 Å². The number of hydrogen-bond acceptors (Lipinski definition) is 4. The highest BCUT2D eigenvalue weighted by Crippen LogP contribution is 2.22. The molecule has 0 aliphatic heterocycles. The number of nitrogen functional groups attached to an aromatic ring is 1. The van der Waals surface area contributed by atoms with E-state index >= 15 is 0 Å². The van der Waals surface area contributed by atoms with Crippen molar-refractivity contribution in [3.63, 3.8) is 0 Å². The zero-order valence-electron chi connectivity index (χ0n) is 8.29. The molecule has 0 radical (unpaired) electrons. The van der Waals surface area contributed by atoms with Gasteiger partial charge >= 0.3 is 0 Å². The molecule has 1 aromatic carbocycles. The summed E-state index contributed by atoms with van der Waals surface area (Å²) in [5.41, 5.74) is 13.5. The number of rotatable bonds is 4. The van der Waals surface area contributed by atoms with E-state index in [4.69, 9.17) is 11.3 Å². The second-order valence-corrected chi connectivity index (χ2v) is 3.21. The van der Waals surface area contributed by atoms with Gasteiger partial charge in [-0.3, -0.25) is 0 Å². The van der Waals surface area contributed by atoms with Crippen LogP contribution >= 0.6 is 0 Å². The van der Waals surface area contributed by atoms with Crippen molar-refractivity contribution in [1.29, 1.82) is 0 Å². The van der Waals surface area contributed by atoms with Gasteiger partial charge in [-0.1, -0.05) is 11.2 Å². The van der Waals surface area contributed by atoms with Crippen LogP contribution in [0.5, 0.6) is 0 Å². The van der Waals surface area contributed by atoms with Crippen LogP contribution in [0.25, 0.3) is 10.4 Å². The molecule has 2 atom stereocenters. The average Bonchev–Trinajstić information content (AvgIpc) is 2.25. The van der Waals surface area contributed by atoms with Crippen molar-refractivity contribution in [2.75, 3.05) is 12.3 Å². The summed E-state index contributed by atoms with van der Waals surface area (Å²) in [5.74, 6) is -0.715. The first-order chi connectivity index (χ1) is 7.56. The topological polar surface area (TPSA) is 115 Å². The molecule has 0 saturated heterocycles. The highest BCUT2D eigenvalue weighted by atomic mass is 19.1. The Hall–Kier alpha value is -1.82. The molecular formula is C9H11FN4O2. The SMILES string of the molecule is [N-]=[N+]=NCC(O)C(O)c1ccc(N)cc1F. The Kier molecular flexibility index (Phi) is 4.07. The lowest BCUT2D eigenvalue weighted by Crippen LogP contribution is -2.22. The third-order valence-corrected chi connectivity index (χ3v) is 2.04. The Morgan fingerprint density at radius 1 is 1.50 bits per heavy atom. The number of benzene rings is 1. The standard InChI is InChI=1S/C9H11FN4O2/c10-7-3-5(11)1-2-6(7)9(16)8(15)4-13-14-12/h1-3,8-9,15-16H,4,11H2. The summed E-state index contributed by atoms with van der Waals surface area (Å²) < 4.78 is 13.3. The Morgan fingerprint density at radius 2 is 2.19 bits per heavy atom. The summed E-state index contributed by atoms with van der Waals surface area (Å²) in [6.45, 7) is -0.332. The van der Waals surface area contributed by atoms with Gasteiger partial charge < -0.3 is 15.9 Å². The van der Waals surface area contributed by atoms with E-state index in [1.807, 2.05) is 0 Å². The van der Waals surface area contributed by atoms with Gasteiger partial charge in [-0.25, -0.2) is 4.39 Å². The summed E-state index contributed by atoms with van der Waals surface area (Å²) in [6.07, 6.45) is -2.81. The van der Waals surface area contributed by atoms with Gasteiger partial charge in [-0.05, 0) is 17.7 Å². The molecule has 0 saturated carbocycles. The third kappa shape index (κ3) is 2.83. The van der Waals surface area contributed by atoms with Crippen molar-refractivity contribution < 1.29 is 14.6 Å². The van der Waals surface area contributed by atoms with Crippen LogP contribution in [0, 0.1) is 5.82 Å². The quantitative estimate of drug-likeness (QED) is 0.309. The molecule has 0 aromatic heterocycles. The summed E-state index contributed by atoms with van der Waals surface area (Å²) in [6, 6.07) is 3.72. The average molecular weight is 226 g/mol. The lowest BCUT2D eigenvalue weighted by Gasteiger charge is -2.16. The molecule has 6 nitrogen and oxygen atoms in total. The van der Waals surface area contributed by atoms with E-state index in [1.165, 1.54) is 12.1 Å². The molecule has 1 rings (SSSR count). The number of nitrogens with zero attached hydrogens (tertiary/aromatic N) is 3. The second kappa shape index (κ2) is 5.32. The number of anilines is 1. The van der Waals surface area contributed by atoms with Crippen LogP contribution in [0.3, 0.4) is 0 Å². The van der Waals surface area contributed by atoms with E-state index in [-0.39, 0.29) is 17.8 Å². The van der Waals surface area contributed by atoms with Crippen LogP contribution in [0.2, 0.25) is 0 Å². The van der Waals surface area contributed by atoms with E-state index in [0.29, 0.717) is 0 Å². The fourth-order valence-corrected chi connectivity index (χ4v) is 1.21. The number of azide groups is 1. The molecular weight excluding hydrogens is 215 g/mol. The zero-order chi connectivity index (χ0) is 12.1. The second-order valence-electron chi connectivity index (χ2n) is 3.21. The van der Waals surface area contributed by atoms with Crippen LogP contribution in [-0.4, -0.2) is 22.9 Å². The minimum atomic E-state index is -1.45. The van der Waals surface area contributed by atoms with Gasteiger partial charge in [0.2, 0.25) is 0 Å². The van der Waals surface area contributed by atoms with Crippen molar-refractivity contribution in [1.82, 2.24) is 0 Å². The molecule has 0 heterocycles. The predicted molar refractivity (Wildman–Crippen MR) is 55.8 cm³/mol. The largest absolute Gasteiger partial charge is 0.399 e. The molecule has 7 heteroatoms. The molecule has 4 N–H and O–H groups in total. The smallest absolute Gasteiger partial charge is 0.131 e. The summed E-state index contributed by atoms with van der Waals surface area (Å²) >= 11 is 0. The van der Waals surface area contributed by atoms with Crippen LogP contribution in [0.4, 0.5) is 10.1 Å². The molecule has 1 aromatic rings. The van der Waals surface area contributed by atoms with E-state index in [0.717, 1.165) is 6.07 Å². The summed E-state index contributed by atoms with van der Waals surface area (Å²) in [5, 5.41) is 22.0. The monoisotopic (exact) mass is 226 g/mol. The number of aliphatic hydroxyl groups is 2. The fraction of sp³-hybridized carbons (Fsp3) is 0.333. The van der Waals surface area contributed by atoms with Crippen molar-refractivity contribution in [3.05, 3.63) is 40.0 Å². The van der Waals surface area contributed by atoms with Crippen molar-refractivity contribution in [2.45, 2.75) is 12.2 Å². The highest BCUT2D eigenvalue weighted by molar-refractivity contribution is 5.41. The van der Waals surface area contributed by atoms with Gasteiger partial charge in [0.05, 0.1) is 12.6 Å². The number of aliphatic hydroxyl groups excluding tert-OH is 2. The lowest BCUT2D eigenvalue weighted by atomic mass is 10.0. The highest BCUT2D eigenvalue weighted by Gasteiger charge is 2.20. The minimum absolute atomic E-state index is 0.0881. The molecule has 0 aliphatic rings. The van der Waals surface area contributed by atoms with Crippen LogP contribution < -0.4 is 5.73 Å². The first kappa shape index (κ1) is 12.3. The molecule has 86 valence electrons. The zero-order valence-corrected chi connectivity index (χ0v) is 8.29. The number of hydrogen-bond donors (Lipinski definition) is 3. The first-order valence-corrected chi connectivity index (χ1v) is 4.48. The van der Waals surface area contributed by atoms with Crippen molar-refractivity contribution in [3.8, 4) is 0 Å². The fourth-order valence-electron chi connectivity index (χ4n) is 1.21. The molecule has 0 bridgehead atoms. The molecule has 0 aliphatic carbocycles. The van der Waals surface area contributed by atoms with E-state index < -0.39 is 18.0 Å². The van der Waals surface area contributed by atoms with Gasteiger partial charge in [0.25, 0.3) is 0 Å². The van der Waals surface area contributed by atoms with Gasteiger partial charge in [0, 0.05) is 16.2 Å². The number of nitrogens with two attached hydrogens (primary N) is 1. The van der Waals surface area contributed by atoms with E-state index in [2.05, 4.69) is 10.0 Å². The maximum Gasteiger partial charge on any atom is 0.131 e. The normalized spacial score (nSPS) is 13.9. The molecule has 0 spiro atoms. The van der Waals surface area contributed by atoms with Crippen LogP contribution in [0.15, 0.2) is 23.3 Å². The van der Waals surface area contributed by atoms with Crippen molar-refractivity contribution >= 4 is 5.69 Å². The Morgan fingerprint density at radius 3 is 2.75 bits per heavy atom. The van der Waals surface area contributed by atoms with Gasteiger partial charge in [-0.2, -0.15) is 0 Å². The maximum atomic E-state index is 13.3. The molecule has 0 fully saturated rings. The van der Waals surface area contributed by atoms with Crippen LogP contribution in [-0.2, 0) is 0 Å². The Labute approximate surface area is 90.8 Å². The Balaban J connectivity index is 2.86. The third-order valence-electron chi connectivity index (χ3n) is 2.04. The lowest BCUT2D eigenvalue weighted by molar-refractivity contribution is 0.0223. The van der Waals surface area contributed by atoms with Gasteiger partial charge in [-0.15, -0.1) is 0 Å².